The second kappa shape index (κ2) is 4.69. The monoisotopic (exact) mass is 231 g/mol. The Kier molecular flexibility index (Phi) is 3.06. The molecule has 1 fully saturated rings. The van der Waals surface area contributed by atoms with Crippen LogP contribution in [0, 0.1) is 5.92 Å². The summed E-state index contributed by atoms with van der Waals surface area (Å²) in [6, 6.07) is 5.84. The van der Waals surface area contributed by atoms with E-state index >= 15 is 0 Å². The van der Waals surface area contributed by atoms with E-state index in [-0.39, 0.29) is 0 Å². The van der Waals surface area contributed by atoms with E-state index in [4.69, 9.17) is 0 Å². The number of hydrogen-bond acceptors (Lipinski definition) is 2. The van der Waals surface area contributed by atoms with Gasteiger partial charge in [0, 0.05) is 19.6 Å². The van der Waals surface area contributed by atoms with Gasteiger partial charge in [-0.2, -0.15) is 0 Å². The molecule has 2 aliphatic rings. The molecular weight excluding hydrogens is 210 g/mol. The van der Waals surface area contributed by atoms with Gasteiger partial charge in [-0.3, -0.25) is 4.90 Å². The van der Waals surface area contributed by atoms with Gasteiger partial charge in [0.05, 0.1) is 0 Å². The number of fused-ring (bicyclic) bond motifs is 1. The summed E-state index contributed by atoms with van der Waals surface area (Å²) in [5.74, 6) is 1.35. The molecule has 2 nitrogen and oxygen atoms in total. The van der Waals surface area contributed by atoms with Gasteiger partial charge in [-0.25, -0.2) is 0 Å². The molecule has 1 aliphatic carbocycles. The van der Waals surface area contributed by atoms with Crippen molar-refractivity contribution in [3.8, 4) is 5.75 Å². The van der Waals surface area contributed by atoms with Crippen molar-refractivity contribution in [2.75, 3.05) is 13.1 Å². The summed E-state index contributed by atoms with van der Waals surface area (Å²) in [5.41, 5.74) is 2.75. The smallest absolute Gasteiger partial charge is 0.115 e. The Balaban J connectivity index is 1.65. The van der Waals surface area contributed by atoms with Crippen molar-refractivity contribution in [1.82, 2.24) is 4.90 Å². The van der Waals surface area contributed by atoms with Crippen LogP contribution in [0.4, 0.5) is 0 Å². The van der Waals surface area contributed by atoms with Crippen molar-refractivity contribution >= 4 is 0 Å². The van der Waals surface area contributed by atoms with Crippen molar-refractivity contribution in [3.63, 3.8) is 0 Å². The van der Waals surface area contributed by atoms with Gasteiger partial charge in [0.25, 0.3) is 0 Å². The molecule has 0 bridgehead atoms. The highest BCUT2D eigenvalue weighted by molar-refractivity contribution is 5.36. The fraction of sp³-hybridized carbons (Fsp3) is 0.600. The van der Waals surface area contributed by atoms with E-state index in [9.17, 15) is 5.11 Å². The highest BCUT2D eigenvalue weighted by Crippen LogP contribution is 2.28. The lowest BCUT2D eigenvalue weighted by atomic mass is 9.98. The summed E-state index contributed by atoms with van der Waals surface area (Å²) in [6.45, 7) is 3.51. The van der Waals surface area contributed by atoms with Crippen LogP contribution in [0.2, 0.25) is 0 Å². The molecule has 0 unspecified atom stereocenters. The quantitative estimate of drug-likeness (QED) is 0.846. The van der Waals surface area contributed by atoms with Crippen molar-refractivity contribution in [3.05, 3.63) is 29.3 Å². The second-order valence-electron chi connectivity index (χ2n) is 5.59. The molecule has 0 saturated heterocycles. The van der Waals surface area contributed by atoms with Gasteiger partial charge in [0.15, 0.2) is 0 Å². The van der Waals surface area contributed by atoms with Crippen molar-refractivity contribution in [2.45, 2.75) is 38.6 Å². The lowest BCUT2D eigenvalue weighted by molar-refractivity contribution is 0.214. The predicted molar refractivity (Wildman–Crippen MR) is 69.0 cm³/mol. The summed E-state index contributed by atoms with van der Waals surface area (Å²) in [5, 5.41) is 9.47. The first kappa shape index (κ1) is 11.1. The highest BCUT2D eigenvalue weighted by atomic mass is 16.3. The van der Waals surface area contributed by atoms with E-state index in [0.717, 1.165) is 25.4 Å². The molecule has 1 aromatic carbocycles. The van der Waals surface area contributed by atoms with E-state index in [0.29, 0.717) is 5.75 Å². The summed E-state index contributed by atoms with van der Waals surface area (Å²) < 4.78 is 0. The van der Waals surface area contributed by atoms with Crippen LogP contribution < -0.4 is 0 Å². The number of phenols is 1. The van der Waals surface area contributed by atoms with Gasteiger partial charge in [-0.1, -0.05) is 18.9 Å². The zero-order valence-electron chi connectivity index (χ0n) is 10.4. The maximum absolute atomic E-state index is 9.47. The normalized spacial score (nSPS) is 21.6. The number of aromatic hydroxyl groups is 1. The molecule has 92 valence electrons. The van der Waals surface area contributed by atoms with Gasteiger partial charge in [0.2, 0.25) is 0 Å². The maximum Gasteiger partial charge on any atom is 0.115 e. The molecule has 0 radical (unpaired) electrons. The zero-order chi connectivity index (χ0) is 11.7. The predicted octanol–water partition coefficient (Wildman–Crippen LogP) is 2.94. The van der Waals surface area contributed by atoms with E-state index in [1.54, 1.807) is 0 Å². The third-order valence-corrected chi connectivity index (χ3v) is 4.27. The van der Waals surface area contributed by atoms with Crippen LogP contribution in [0.1, 0.15) is 36.8 Å². The summed E-state index contributed by atoms with van der Waals surface area (Å²) in [7, 11) is 0. The molecule has 0 atom stereocenters. The van der Waals surface area contributed by atoms with Gasteiger partial charge >= 0.3 is 0 Å². The van der Waals surface area contributed by atoms with Crippen LogP contribution in [0.15, 0.2) is 18.2 Å². The van der Waals surface area contributed by atoms with Crippen molar-refractivity contribution in [2.24, 2.45) is 5.92 Å². The fourth-order valence-corrected chi connectivity index (χ4v) is 3.31. The molecule has 0 spiro atoms. The Morgan fingerprint density at radius 1 is 1.18 bits per heavy atom. The first-order valence-electron chi connectivity index (χ1n) is 6.84. The molecule has 1 N–H and O–H groups in total. The summed E-state index contributed by atoms with van der Waals surface area (Å²) >= 11 is 0. The van der Waals surface area contributed by atoms with Crippen LogP contribution >= 0.6 is 0 Å². The number of nitrogens with zero attached hydrogens (tertiary/aromatic N) is 1. The Morgan fingerprint density at radius 2 is 2.00 bits per heavy atom. The number of phenolic OH excluding ortho intramolecular Hbond substituents is 1. The molecule has 3 rings (SSSR count). The topological polar surface area (TPSA) is 23.5 Å². The minimum Gasteiger partial charge on any atom is -0.508 e. The molecule has 1 heterocycles. The van der Waals surface area contributed by atoms with Crippen molar-refractivity contribution < 1.29 is 5.11 Å². The van der Waals surface area contributed by atoms with Crippen LogP contribution in [-0.2, 0) is 13.0 Å². The lowest BCUT2D eigenvalue weighted by Crippen LogP contribution is -2.34. The van der Waals surface area contributed by atoms with Gasteiger partial charge in [0.1, 0.15) is 5.75 Å². The number of benzene rings is 1. The highest BCUT2D eigenvalue weighted by Gasteiger charge is 2.21. The van der Waals surface area contributed by atoms with Crippen LogP contribution in [0.3, 0.4) is 0 Å². The summed E-state index contributed by atoms with van der Waals surface area (Å²) in [6.07, 6.45) is 6.82. The van der Waals surface area contributed by atoms with Gasteiger partial charge < -0.3 is 5.11 Å². The van der Waals surface area contributed by atoms with Crippen molar-refractivity contribution in [1.29, 1.82) is 0 Å². The minimum absolute atomic E-state index is 0.410. The van der Waals surface area contributed by atoms with Crippen LogP contribution in [-0.4, -0.2) is 23.1 Å². The lowest BCUT2D eigenvalue weighted by Gasteiger charge is -2.30. The Morgan fingerprint density at radius 3 is 2.82 bits per heavy atom. The number of rotatable bonds is 2. The van der Waals surface area contributed by atoms with Gasteiger partial charge in [-0.05, 0) is 48.4 Å². The Labute approximate surface area is 103 Å². The van der Waals surface area contributed by atoms with E-state index in [2.05, 4.69) is 11.0 Å². The van der Waals surface area contributed by atoms with E-state index in [1.165, 1.54) is 43.4 Å². The molecular formula is C15H21NO. The molecule has 17 heavy (non-hydrogen) atoms. The fourth-order valence-electron chi connectivity index (χ4n) is 3.31. The molecule has 2 heteroatoms. The average Bonchev–Trinajstić information content (AvgIpc) is 2.82. The minimum atomic E-state index is 0.410. The summed E-state index contributed by atoms with van der Waals surface area (Å²) in [4.78, 5) is 2.59. The SMILES string of the molecule is Oc1ccc2c(c1)CCN(CC1CCCC1)C2. The first-order chi connectivity index (χ1) is 8.31. The standard InChI is InChI=1S/C15H21NO/c17-15-6-5-14-11-16(8-7-13(14)9-15)10-12-3-1-2-4-12/h5-6,9,12,17H,1-4,7-8,10-11H2. The average molecular weight is 231 g/mol. The third-order valence-electron chi connectivity index (χ3n) is 4.27. The molecule has 1 aliphatic heterocycles. The van der Waals surface area contributed by atoms with E-state index in [1.807, 2.05) is 12.1 Å². The Bertz CT molecular complexity index is 396. The number of hydrogen-bond donors (Lipinski definition) is 1. The molecule has 1 aromatic rings. The molecule has 0 amide bonds. The first-order valence-corrected chi connectivity index (χ1v) is 6.84. The largest absolute Gasteiger partial charge is 0.508 e. The second-order valence-corrected chi connectivity index (χ2v) is 5.59. The molecule has 1 saturated carbocycles. The third kappa shape index (κ3) is 2.47. The van der Waals surface area contributed by atoms with Gasteiger partial charge in [-0.15, -0.1) is 0 Å². The van der Waals surface area contributed by atoms with E-state index < -0.39 is 0 Å². The van der Waals surface area contributed by atoms with Crippen LogP contribution in [0.25, 0.3) is 0 Å². The maximum atomic E-state index is 9.47. The Hall–Kier alpha value is -1.02. The zero-order valence-corrected chi connectivity index (χ0v) is 10.4. The van der Waals surface area contributed by atoms with Crippen LogP contribution in [0.5, 0.6) is 5.75 Å². The molecule has 0 aromatic heterocycles.